The van der Waals surface area contributed by atoms with Crippen LogP contribution in [0, 0.1) is 0 Å². The quantitative estimate of drug-likeness (QED) is 0.918. The third-order valence-electron chi connectivity index (χ3n) is 3.69. The van der Waals surface area contributed by atoms with E-state index in [-0.39, 0.29) is 6.03 Å². The summed E-state index contributed by atoms with van der Waals surface area (Å²) in [5.41, 5.74) is 0.970. The maximum absolute atomic E-state index is 12.4. The molecule has 0 aromatic heterocycles. The van der Waals surface area contributed by atoms with Crippen LogP contribution in [-0.4, -0.2) is 53.7 Å². The molecule has 0 aliphatic carbocycles. The molecule has 1 heterocycles. The fourth-order valence-electron chi connectivity index (χ4n) is 2.54. The number of nitrogens with zero attached hydrogens (tertiary/aromatic N) is 2. The zero-order valence-electron chi connectivity index (χ0n) is 12.3. The Hall–Kier alpha value is -2.24. The fourth-order valence-corrected chi connectivity index (χ4v) is 2.54. The second kappa shape index (κ2) is 6.47. The summed E-state index contributed by atoms with van der Waals surface area (Å²) in [5, 5.41) is 9.14. The standard InChI is InChI=1S/C15H20N2O4/c1-16(10-11-5-7-12(21-2)8-6-11)15(20)17-9-3-4-13(17)14(18)19/h5-8,13H,3-4,9-10H2,1-2H3,(H,18,19). The van der Waals surface area contributed by atoms with E-state index >= 15 is 0 Å². The molecule has 1 aromatic rings. The minimum Gasteiger partial charge on any atom is -0.497 e. The Balaban J connectivity index is 2.00. The van der Waals surface area contributed by atoms with Gasteiger partial charge in [0.15, 0.2) is 0 Å². The third-order valence-corrected chi connectivity index (χ3v) is 3.69. The van der Waals surface area contributed by atoms with Gasteiger partial charge in [-0.15, -0.1) is 0 Å². The molecular weight excluding hydrogens is 272 g/mol. The number of aliphatic carboxylic acids is 1. The average molecular weight is 292 g/mol. The highest BCUT2D eigenvalue weighted by Gasteiger charge is 2.35. The number of likely N-dealkylation sites (tertiary alicyclic amines) is 1. The van der Waals surface area contributed by atoms with Crippen LogP contribution in [0.5, 0.6) is 5.75 Å². The minimum absolute atomic E-state index is 0.240. The predicted octanol–water partition coefficient (Wildman–Crippen LogP) is 1.80. The van der Waals surface area contributed by atoms with Crippen molar-refractivity contribution in [3.8, 4) is 5.75 Å². The number of rotatable bonds is 4. The molecule has 0 bridgehead atoms. The van der Waals surface area contributed by atoms with Crippen LogP contribution in [0.4, 0.5) is 4.79 Å². The van der Waals surface area contributed by atoms with E-state index < -0.39 is 12.0 Å². The Morgan fingerprint density at radius 1 is 1.38 bits per heavy atom. The number of carboxylic acids is 1. The van der Waals surface area contributed by atoms with E-state index in [1.165, 1.54) is 4.90 Å². The molecule has 114 valence electrons. The number of amides is 2. The summed E-state index contributed by atoms with van der Waals surface area (Å²) >= 11 is 0. The number of ether oxygens (including phenoxy) is 1. The minimum atomic E-state index is -0.932. The third kappa shape index (κ3) is 3.45. The molecule has 2 rings (SSSR count). The number of urea groups is 1. The summed E-state index contributed by atoms with van der Waals surface area (Å²) in [6, 6.07) is 6.52. The zero-order chi connectivity index (χ0) is 15.4. The molecule has 1 aromatic carbocycles. The number of carboxylic acid groups (broad SMARTS) is 1. The molecule has 1 unspecified atom stereocenters. The van der Waals surface area contributed by atoms with Crippen molar-refractivity contribution < 1.29 is 19.4 Å². The van der Waals surface area contributed by atoms with Gasteiger partial charge in [-0.2, -0.15) is 0 Å². The van der Waals surface area contributed by atoms with Gasteiger partial charge in [0.25, 0.3) is 0 Å². The SMILES string of the molecule is COc1ccc(CN(C)C(=O)N2CCCC2C(=O)O)cc1. The van der Waals surface area contributed by atoms with E-state index in [1.54, 1.807) is 19.1 Å². The monoisotopic (exact) mass is 292 g/mol. The van der Waals surface area contributed by atoms with E-state index in [9.17, 15) is 9.59 Å². The van der Waals surface area contributed by atoms with Crippen molar-refractivity contribution in [3.05, 3.63) is 29.8 Å². The normalized spacial score (nSPS) is 17.6. The molecule has 6 nitrogen and oxygen atoms in total. The van der Waals surface area contributed by atoms with Crippen LogP contribution in [0.2, 0.25) is 0 Å². The first kappa shape index (κ1) is 15.2. The molecule has 0 radical (unpaired) electrons. The molecule has 0 saturated carbocycles. The van der Waals surface area contributed by atoms with Crippen LogP contribution in [0.3, 0.4) is 0 Å². The lowest BCUT2D eigenvalue weighted by Crippen LogP contribution is -2.46. The topological polar surface area (TPSA) is 70.1 Å². The molecule has 6 heteroatoms. The van der Waals surface area contributed by atoms with Crippen molar-refractivity contribution in [1.29, 1.82) is 0 Å². The molecule has 21 heavy (non-hydrogen) atoms. The Morgan fingerprint density at radius 3 is 2.62 bits per heavy atom. The summed E-state index contributed by atoms with van der Waals surface area (Å²) in [7, 11) is 3.29. The zero-order valence-corrected chi connectivity index (χ0v) is 12.3. The Labute approximate surface area is 123 Å². The smallest absolute Gasteiger partial charge is 0.326 e. The van der Waals surface area contributed by atoms with Gasteiger partial charge in [0.05, 0.1) is 7.11 Å². The summed E-state index contributed by atoms with van der Waals surface area (Å²) in [6.07, 6.45) is 1.26. The molecule has 1 saturated heterocycles. The highest BCUT2D eigenvalue weighted by atomic mass is 16.5. The Bertz CT molecular complexity index is 515. The number of hydrogen-bond donors (Lipinski definition) is 1. The molecular formula is C15H20N2O4. The van der Waals surface area contributed by atoms with Gasteiger partial charge < -0.3 is 19.6 Å². The van der Waals surface area contributed by atoms with Gasteiger partial charge in [-0.3, -0.25) is 0 Å². The number of carbonyl (C=O) groups is 2. The van der Waals surface area contributed by atoms with Crippen LogP contribution in [0.1, 0.15) is 18.4 Å². The van der Waals surface area contributed by atoms with Gasteiger partial charge in [0.1, 0.15) is 11.8 Å². The van der Waals surface area contributed by atoms with Crippen LogP contribution >= 0.6 is 0 Å². The first-order valence-corrected chi connectivity index (χ1v) is 6.90. The molecule has 1 aliphatic heterocycles. The van der Waals surface area contributed by atoms with Crippen molar-refractivity contribution in [1.82, 2.24) is 9.80 Å². The summed E-state index contributed by atoms with van der Waals surface area (Å²) in [4.78, 5) is 26.5. The molecule has 0 spiro atoms. The van der Waals surface area contributed by atoms with Crippen molar-refractivity contribution >= 4 is 12.0 Å². The van der Waals surface area contributed by atoms with E-state index in [0.717, 1.165) is 17.7 Å². The highest BCUT2D eigenvalue weighted by molar-refractivity contribution is 5.83. The fraction of sp³-hybridized carbons (Fsp3) is 0.467. The first-order valence-electron chi connectivity index (χ1n) is 6.90. The maximum Gasteiger partial charge on any atom is 0.326 e. The van der Waals surface area contributed by atoms with Crippen molar-refractivity contribution in [3.63, 3.8) is 0 Å². The van der Waals surface area contributed by atoms with Crippen LogP contribution in [-0.2, 0) is 11.3 Å². The maximum atomic E-state index is 12.4. The molecule has 1 atom stereocenters. The van der Waals surface area contributed by atoms with E-state index in [1.807, 2.05) is 24.3 Å². The van der Waals surface area contributed by atoms with Crippen LogP contribution in [0.25, 0.3) is 0 Å². The number of benzene rings is 1. The average Bonchev–Trinajstić information content (AvgIpc) is 2.96. The molecule has 1 aliphatic rings. The number of carbonyl (C=O) groups excluding carboxylic acids is 1. The van der Waals surface area contributed by atoms with Gasteiger partial charge in [-0.25, -0.2) is 9.59 Å². The van der Waals surface area contributed by atoms with Crippen molar-refractivity contribution in [2.75, 3.05) is 20.7 Å². The molecule has 1 N–H and O–H groups in total. The largest absolute Gasteiger partial charge is 0.497 e. The number of methoxy groups -OCH3 is 1. The van der Waals surface area contributed by atoms with E-state index in [0.29, 0.717) is 19.5 Å². The van der Waals surface area contributed by atoms with Gasteiger partial charge in [0, 0.05) is 20.1 Å². The van der Waals surface area contributed by atoms with Crippen molar-refractivity contribution in [2.24, 2.45) is 0 Å². The second-order valence-corrected chi connectivity index (χ2v) is 5.18. The predicted molar refractivity (Wildman–Crippen MR) is 77.2 cm³/mol. The summed E-state index contributed by atoms with van der Waals surface area (Å²) in [6.45, 7) is 0.939. The van der Waals surface area contributed by atoms with E-state index in [4.69, 9.17) is 9.84 Å². The summed E-state index contributed by atoms with van der Waals surface area (Å²) < 4.78 is 5.09. The number of hydrogen-bond acceptors (Lipinski definition) is 3. The Morgan fingerprint density at radius 2 is 2.05 bits per heavy atom. The second-order valence-electron chi connectivity index (χ2n) is 5.18. The first-order chi connectivity index (χ1) is 10.0. The van der Waals surface area contributed by atoms with Gasteiger partial charge in [-0.05, 0) is 30.5 Å². The van der Waals surface area contributed by atoms with Crippen LogP contribution < -0.4 is 4.74 Å². The van der Waals surface area contributed by atoms with Gasteiger partial charge in [0.2, 0.25) is 0 Å². The lowest BCUT2D eigenvalue weighted by atomic mass is 10.2. The highest BCUT2D eigenvalue weighted by Crippen LogP contribution is 2.20. The van der Waals surface area contributed by atoms with Gasteiger partial charge in [-0.1, -0.05) is 12.1 Å². The lowest BCUT2D eigenvalue weighted by Gasteiger charge is -2.27. The molecule has 2 amide bonds. The van der Waals surface area contributed by atoms with Gasteiger partial charge >= 0.3 is 12.0 Å². The van der Waals surface area contributed by atoms with Crippen molar-refractivity contribution in [2.45, 2.75) is 25.4 Å². The molecule has 1 fully saturated rings. The lowest BCUT2D eigenvalue weighted by molar-refractivity contribution is -0.141. The Kier molecular flexibility index (Phi) is 4.67. The van der Waals surface area contributed by atoms with E-state index in [2.05, 4.69) is 0 Å². The summed E-state index contributed by atoms with van der Waals surface area (Å²) in [5.74, 6) is -0.170. The van der Waals surface area contributed by atoms with Crippen LogP contribution in [0.15, 0.2) is 24.3 Å².